The number of hydrogen-bond acceptors (Lipinski definition) is 0. The van der Waals surface area contributed by atoms with Gasteiger partial charge in [0.15, 0.2) is 0 Å². The smallest absolute Gasteiger partial charge is 0.0495 e. The Morgan fingerprint density at radius 3 is 1.30 bits per heavy atom. The molecule has 7 aromatic rings. The fourth-order valence-electron chi connectivity index (χ4n) is 6.52. The van der Waals surface area contributed by atoms with Crippen molar-refractivity contribution < 1.29 is 0 Å². The second-order valence-electron chi connectivity index (χ2n) is 10.8. The van der Waals surface area contributed by atoms with Crippen molar-refractivity contribution in [1.82, 2.24) is 9.13 Å². The Morgan fingerprint density at radius 1 is 0.500 bits per heavy atom. The fraction of sp³-hybridized carbons (Fsp3) is 0.105. The van der Waals surface area contributed by atoms with Crippen molar-refractivity contribution in [3.8, 4) is 22.3 Å². The van der Waals surface area contributed by atoms with Crippen LogP contribution < -0.4 is 0 Å². The molecule has 194 valence electrons. The predicted octanol–water partition coefficient (Wildman–Crippen LogP) is 9.77. The zero-order valence-electron chi connectivity index (χ0n) is 23.1. The Labute approximate surface area is 235 Å². The van der Waals surface area contributed by atoms with E-state index in [1.807, 2.05) is 12.2 Å². The van der Waals surface area contributed by atoms with Gasteiger partial charge < -0.3 is 9.13 Å². The molecule has 2 heterocycles. The number of aryl methyl sites for hydroxylation is 2. The lowest BCUT2D eigenvalue weighted by molar-refractivity contribution is 1.01. The van der Waals surface area contributed by atoms with E-state index in [4.69, 9.17) is 0 Å². The third-order valence-electron chi connectivity index (χ3n) is 8.51. The summed E-state index contributed by atoms with van der Waals surface area (Å²) in [5.74, 6) is 0. The quantitative estimate of drug-likeness (QED) is 0.195. The van der Waals surface area contributed by atoms with Gasteiger partial charge in [-0.25, -0.2) is 0 Å². The van der Waals surface area contributed by atoms with Crippen molar-refractivity contribution in [3.05, 3.63) is 133 Å². The van der Waals surface area contributed by atoms with Crippen LogP contribution in [0, 0.1) is 0 Å². The van der Waals surface area contributed by atoms with E-state index in [-0.39, 0.29) is 0 Å². The van der Waals surface area contributed by atoms with Crippen LogP contribution in [0.2, 0.25) is 0 Å². The van der Waals surface area contributed by atoms with Gasteiger partial charge in [-0.05, 0) is 82.6 Å². The predicted molar refractivity (Wildman–Crippen MR) is 173 cm³/mol. The average Bonchev–Trinajstić information content (AvgIpc) is 3.43. The van der Waals surface area contributed by atoms with Gasteiger partial charge in [0.1, 0.15) is 0 Å². The topological polar surface area (TPSA) is 9.86 Å². The first kappa shape index (κ1) is 24.2. The standard InChI is InChI=1S/C38H32N2/c1-5-11-27-21-33-29-13-7-9-15-35(29)39(3)37(33)23-31(27)25-17-19-26(20-18-25)32-24-38-34(22-28(32)12-6-2)30-14-8-10-16-36(30)40(38)4/h5-10,13-24H,1-2,11-12H2,3-4H3. The molecule has 2 nitrogen and oxygen atoms in total. The number of hydrogen-bond donors (Lipinski definition) is 0. The number of benzene rings is 5. The minimum Gasteiger partial charge on any atom is -0.344 e. The molecule has 2 heteroatoms. The summed E-state index contributed by atoms with van der Waals surface area (Å²) in [6, 6.07) is 35.8. The number of rotatable bonds is 6. The average molecular weight is 517 g/mol. The van der Waals surface area contributed by atoms with Crippen LogP contribution in [0.15, 0.2) is 122 Å². The van der Waals surface area contributed by atoms with Crippen LogP contribution in [0.1, 0.15) is 11.1 Å². The third-order valence-corrected chi connectivity index (χ3v) is 8.51. The zero-order chi connectivity index (χ0) is 27.4. The van der Waals surface area contributed by atoms with E-state index < -0.39 is 0 Å². The highest BCUT2D eigenvalue weighted by Crippen LogP contribution is 2.38. The molecule has 0 aliphatic carbocycles. The highest BCUT2D eigenvalue weighted by molar-refractivity contribution is 6.10. The molecule has 2 aromatic heterocycles. The second-order valence-corrected chi connectivity index (χ2v) is 10.8. The molecule has 0 saturated carbocycles. The molecule has 0 atom stereocenters. The van der Waals surface area contributed by atoms with E-state index >= 15 is 0 Å². The summed E-state index contributed by atoms with van der Waals surface area (Å²) in [6.45, 7) is 8.10. The zero-order valence-corrected chi connectivity index (χ0v) is 23.1. The number of aromatic nitrogens is 2. The van der Waals surface area contributed by atoms with Gasteiger partial charge in [0.2, 0.25) is 0 Å². The monoisotopic (exact) mass is 516 g/mol. The number of nitrogens with zero attached hydrogens (tertiary/aromatic N) is 2. The lowest BCUT2D eigenvalue weighted by atomic mass is 9.92. The third kappa shape index (κ3) is 3.64. The maximum Gasteiger partial charge on any atom is 0.0495 e. The fourth-order valence-corrected chi connectivity index (χ4v) is 6.52. The molecule has 0 fully saturated rings. The summed E-state index contributed by atoms with van der Waals surface area (Å²) >= 11 is 0. The van der Waals surface area contributed by atoms with Crippen LogP contribution in [0.4, 0.5) is 0 Å². The van der Waals surface area contributed by atoms with Crippen LogP contribution in [-0.4, -0.2) is 9.13 Å². The van der Waals surface area contributed by atoms with Gasteiger partial charge in [0, 0.05) is 57.7 Å². The molecular formula is C38H32N2. The molecule has 0 aliphatic rings. The van der Waals surface area contributed by atoms with E-state index in [0.717, 1.165) is 12.8 Å². The normalized spacial score (nSPS) is 11.7. The van der Waals surface area contributed by atoms with E-state index in [1.54, 1.807) is 0 Å². The first-order chi connectivity index (χ1) is 19.6. The highest BCUT2D eigenvalue weighted by Gasteiger charge is 2.15. The van der Waals surface area contributed by atoms with Gasteiger partial charge in [-0.2, -0.15) is 0 Å². The largest absolute Gasteiger partial charge is 0.344 e. The molecule has 0 amide bonds. The summed E-state index contributed by atoms with van der Waals surface area (Å²) in [4.78, 5) is 0. The molecule has 0 radical (unpaired) electrons. The van der Waals surface area contributed by atoms with Crippen molar-refractivity contribution in [3.63, 3.8) is 0 Å². The highest BCUT2D eigenvalue weighted by atomic mass is 14.9. The number of fused-ring (bicyclic) bond motifs is 6. The Morgan fingerprint density at radius 2 is 0.900 bits per heavy atom. The van der Waals surface area contributed by atoms with Crippen LogP contribution in [0.5, 0.6) is 0 Å². The molecular weight excluding hydrogens is 484 g/mol. The summed E-state index contributed by atoms with van der Waals surface area (Å²) in [5, 5.41) is 5.19. The lowest BCUT2D eigenvalue weighted by Crippen LogP contribution is -1.93. The molecule has 40 heavy (non-hydrogen) atoms. The van der Waals surface area contributed by atoms with Crippen LogP contribution >= 0.6 is 0 Å². The second kappa shape index (κ2) is 9.43. The Kier molecular flexibility index (Phi) is 5.71. The molecule has 0 N–H and O–H groups in total. The van der Waals surface area contributed by atoms with Gasteiger partial charge in [-0.3, -0.25) is 0 Å². The summed E-state index contributed by atoms with van der Waals surface area (Å²) in [5.41, 5.74) is 12.6. The summed E-state index contributed by atoms with van der Waals surface area (Å²) in [6.07, 6.45) is 5.67. The maximum atomic E-state index is 4.05. The van der Waals surface area contributed by atoms with Crippen molar-refractivity contribution in [2.45, 2.75) is 12.8 Å². The minimum atomic E-state index is 0.831. The van der Waals surface area contributed by atoms with Crippen LogP contribution in [0.25, 0.3) is 65.9 Å². The van der Waals surface area contributed by atoms with Crippen molar-refractivity contribution in [2.24, 2.45) is 14.1 Å². The van der Waals surface area contributed by atoms with Crippen LogP contribution in [-0.2, 0) is 26.9 Å². The lowest BCUT2D eigenvalue weighted by Gasteiger charge is -2.13. The van der Waals surface area contributed by atoms with E-state index in [1.165, 1.54) is 77.0 Å². The summed E-state index contributed by atoms with van der Waals surface area (Å²) in [7, 11) is 4.32. The van der Waals surface area contributed by atoms with Crippen molar-refractivity contribution >= 4 is 43.6 Å². The van der Waals surface area contributed by atoms with Gasteiger partial charge in [-0.1, -0.05) is 72.8 Å². The molecule has 0 saturated heterocycles. The van der Waals surface area contributed by atoms with Gasteiger partial charge in [-0.15, -0.1) is 13.2 Å². The van der Waals surface area contributed by atoms with E-state index in [0.29, 0.717) is 0 Å². The molecule has 0 unspecified atom stereocenters. The van der Waals surface area contributed by atoms with Crippen LogP contribution in [0.3, 0.4) is 0 Å². The van der Waals surface area contributed by atoms with E-state index in [9.17, 15) is 0 Å². The van der Waals surface area contributed by atoms with Crippen molar-refractivity contribution in [2.75, 3.05) is 0 Å². The van der Waals surface area contributed by atoms with Gasteiger partial charge in [0.05, 0.1) is 0 Å². The molecule has 7 rings (SSSR count). The van der Waals surface area contributed by atoms with Gasteiger partial charge in [0.25, 0.3) is 0 Å². The Balaban J connectivity index is 1.38. The Hall–Kier alpha value is -4.82. The molecule has 5 aromatic carbocycles. The molecule has 0 bridgehead atoms. The number of allylic oxidation sites excluding steroid dienone is 2. The van der Waals surface area contributed by atoms with E-state index in [2.05, 4.69) is 133 Å². The summed E-state index contributed by atoms with van der Waals surface area (Å²) < 4.78 is 4.61. The molecule has 0 spiro atoms. The first-order valence-electron chi connectivity index (χ1n) is 13.9. The van der Waals surface area contributed by atoms with Crippen molar-refractivity contribution in [1.29, 1.82) is 0 Å². The minimum absolute atomic E-state index is 0.831. The maximum absolute atomic E-state index is 4.05. The SMILES string of the molecule is C=CCc1cc2c3ccccc3n(C)c2cc1-c1ccc(-c2cc3c(cc2CC=C)c2ccccc2n3C)cc1. The molecule has 0 aliphatic heterocycles. The Bertz CT molecular complexity index is 1950. The first-order valence-corrected chi connectivity index (χ1v) is 13.9. The number of para-hydroxylation sites is 2. The van der Waals surface area contributed by atoms with Gasteiger partial charge >= 0.3 is 0 Å².